The summed E-state index contributed by atoms with van der Waals surface area (Å²) in [5.74, 6) is -0.327. The summed E-state index contributed by atoms with van der Waals surface area (Å²) >= 11 is 2.98. The zero-order valence-corrected chi connectivity index (χ0v) is 18.5. The molecule has 0 atom stereocenters. The van der Waals surface area contributed by atoms with Gasteiger partial charge in [-0.15, -0.1) is 22.7 Å². The number of alkyl halides is 3. The van der Waals surface area contributed by atoms with Crippen LogP contribution in [-0.4, -0.2) is 32.6 Å². The Morgan fingerprint density at radius 3 is 2.48 bits per heavy atom. The molecule has 2 N–H and O–H groups in total. The molecule has 1 fully saturated rings. The molecule has 6 nitrogen and oxygen atoms in total. The lowest BCUT2D eigenvalue weighted by Crippen LogP contribution is -2.56. The molecule has 0 radical (unpaired) electrons. The van der Waals surface area contributed by atoms with Gasteiger partial charge < -0.3 is 10.6 Å². The highest BCUT2D eigenvalue weighted by molar-refractivity contribution is 7.16. The Kier molecular flexibility index (Phi) is 5.73. The van der Waals surface area contributed by atoms with Gasteiger partial charge in [0.2, 0.25) is 0 Å². The predicted molar refractivity (Wildman–Crippen MR) is 115 cm³/mol. The van der Waals surface area contributed by atoms with Crippen LogP contribution in [0.1, 0.15) is 46.7 Å². The van der Waals surface area contributed by atoms with Crippen LogP contribution in [0.5, 0.6) is 0 Å². The van der Waals surface area contributed by atoms with Crippen LogP contribution in [0.3, 0.4) is 0 Å². The van der Waals surface area contributed by atoms with E-state index < -0.39 is 17.6 Å². The minimum atomic E-state index is -4.48. The van der Waals surface area contributed by atoms with Crippen molar-refractivity contribution in [2.45, 2.75) is 51.2 Å². The van der Waals surface area contributed by atoms with Crippen molar-refractivity contribution in [3.05, 3.63) is 40.0 Å². The fourth-order valence-corrected chi connectivity index (χ4v) is 5.33. The zero-order valence-electron chi connectivity index (χ0n) is 16.8. The Balaban J connectivity index is 1.44. The molecule has 0 unspecified atom stereocenters. The molecule has 0 saturated heterocycles. The minimum absolute atomic E-state index is 0.0802. The van der Waals surface area contributed by atoms with Crippen molar-refractivity contribution in [1.29, 1.82) is 0 Å². The molecule has 0 aromatic carbocycles. The van der Waals surface area contributed by atoms with E-state index in [9.17, 15) is 18.0 Å². The van der Waals surface area contributed by atoms with E-state index in [1.54, 1.807) is 17.4 Å². The second-order valence-corrected chi connectivity index (χ2v) is 9.54. The number of hydrogen-bond donors (Lipinski definition) is 2. The highest BCUT2D eigenvalue weighted by Crippen LogP contribution is 2.43. The van der Waals surface area contributed by atoms with E-state index in [4.69, 9.17) is 0 Å². The lowest BCUT2D eigenvalue weighted by Gasteiger charge is -2.32. The number of carbonyl (C=O) groups is 1. The van der Waals surface area contributed by atoms with Gasteiger partial charge in [-0.05, 0) is 38.8 Å². The van der Waals surface area contributed by atoms with Gasteiger partial charge in [0.25, 0.3) is 5.91 Å². The normalized spacial score (nSPS) is 15.8. The van der Waals surface area contributed by atoms with Crippen LogP contribution in [0.15, 0.2) is 23.7 Å². The van der Waals surface area contributed by atoms with Crippen molar-refractivity contribution < 1.29 is 18.0 Å². The van der Waals surface area contributed by atoms with Crippen LogP contribution >= 0.6 is 22.7 Å². The first-order valence-corrected chi connectivity index (χ1v) is 11.4. The molecule has 1 aliphatic rings. The van der Waals surface area contributed by atoms with Crippen LogP contribution < -0.4 is 10.6 Å². The molecule has 4 rings (SSSR count). The van der Waals surface area contributed by atoms with Crippen molar-refractivity contribution in [2.75, 3.05) is 5.32 Å². The molecular formula is C20H20F3N5OS2. The highest BCUT2D eigenvalue weighted by atomic mass is 32.1. The minimum Gasteiger partial charge on any atom is -0.338 e. The highest BCUT2D eigenvalue weighted by Gasteiger charge is 2.56. The number of amides is 1. The summed E-state index contributed by atoms with van der Waals surface area (Å²) in [7, 11) is 0. The standard InChI is InChI=1S/C20H20F3N5OS2/c1-11-16(31-12(2)25-11)14-10-30-18(26-14)27-15-6-5-13(9-24-15)17(29)28-19(20(21,22)23)7-3-4-8-19/h5-6,9-10H,3-4,7-8H2,1-2H3,(H,28,29)(H,24,26,27). The largest absolute Gasteiger partial charge is 0.411 e. The monoisotopic (exact) mass is 467 g/mol. The third-order valence-electron chi connectivity index (χ3n) is 5.25. The van der Waals surface area contributed by atoms with E-state index in [2.05, 4.69) is 25.6 Å². The molecule has 1 amide bonds. The van der Waals surface area contributed by atoms with Gasteiger partial charge in [-0.2, -0.15) is 13.2 Å². The van der Waals surface area contributed by atoms with Crippen LogP contribution in [0.2, 0.25) is 0 Å². The number of thiazole rings is 2. The van der Waals surface area contributed by atoms with Gasteiger partial charge in [0, 0.05) is 11.6 Å². The van der Waals surface area contributed by atoms with E-state index in [-0.39, 0.29) is 18.4 Å². The Morgan fingerprint density at radius 2 is 1.90 bits per heavy atom. The summed E-state index contributed by atoms with van der Waals surface area (Å²) in [6.45, 7) is 3.88. The third-order valence-corrected chi connectivity index (χ3v) is 7.11. The van der Waals surface area contributed by atoms with Crippen molar-refractivity contribution in [1.82, 2.24) is 20.3 Å². The first-order chi connectivity index (χ1) is 14.7. The van der Waals surface area contributed by atoms with Crippen LogP contribution in [0, 0.1) is 13.8 Å². The molecule has 0 spiro atoms. The fraction of sp³-hybridized carbons (Fsp3) is 0.400. The van der Waals surface area contributed by atoms with Crippen LogP contribution in [0.4, 0.5) is 24.1 Å². The summed E-state index contributed by atoms with van der Waals surface area (Å²) in [4.78, 5) is 26.5. The molecule has 3 heterocycles. The van der Waals surface area contributed by atoms with Gasteiger partial charge in [0.1, 0.15) is 11.4 Å². The Hall–Kier alpha value is -2.53. The number of aromatic nitrogens is 3. The maximum atomic E-state index is 13.5. The number of rotatable bonds is 5. The smallest absolute Gasteiger partial charge is 0.338 e. The maximum Gasteiger partial charge on any atom is 0.411 e. The summed E-state index contributed by atoms with van der Waals surface area (Å²) in [5.41, 5.74) is -0.324. The molecule has 31 heavy (non-hydrogen) atoms. The van der Waals surface area contributed by atoms with Crippen molar-refractivity contribution in [3.63, 3.8) is 0 Å². The third kappa shape index (κ3) is 4.42. The molecule has 3 aromatic heterocycles. The summed E-state index contributed by atoms with van der Waals surface area (Å²) < 4.78 is 40.5. The van der Waals surface area contributed by atoms with E-state index >= 15 is 0 Å². The quantitative estimate of drug-likeness (QED) is 0.509. The average Bonchev–Trinajstić information content (AvgIpc) is 3.43. The van der Waals surface area contributed by atoms with E-state index in [1.165, 1.54) is 23.6 Å². The molecule has 1 aliphatic carbocycles. The van der Waals surface area contributed by atoms with Crippen molar-refractivity contribution >= 4 is 39.5 Å². The first kappa shape index (κ1) is 21.7. The molecule has 0 aliphatic heterocycles. The summed E-state index contributed by atoms with van der Waals surface area (Å²) in [5, 5.41) is 8.77. The van der Waals surface area contributed by atoms with Gasteiger partial charge in [0.05, 0.1) is 26.8 Å². The fourth-order valence-electron chi connectivity index (χ4n) is 3.66. The van der Waals surface area contributed by atoms with Gasteiger partial charge in [-0.3, -0.25) is 4.79 Å². The molecule has 1 saturated carbocycles. The van der Waals surface area contributed by atoms with Gasteiger partial charge >= 0.3 is 6.18 Å². The van der Waals surface area contributed by atoms with E-state index in [0.29, 0.717) is 23.8 Å². The molecule has 3 aromatic rings. The number of aryl methyl sites for hydroxylation is 2. The predicted octanol–water partition coefficient (Wildman–Crippen LogP) is 5.63. The average molecular weight is 468 g/mol. The molecule has 11 heteroatoms. The number of anilines is 2. The number of hydrogen-bond acceptors (Lipinski definition) is 7. The SMILES string of the molecule is Cc1nc(C)c(-c2csc(Nc3ccc(C(=O)NC4(C(F)(F)F)CCCC4)cn3)n2)s1. The Bertz CT molecular complexity index is 1090. The number of nitrogens with one attached hydrogen (secondary N) is 2. The number of carbonyl (C=O) groups excluding carboxylic acids is 1. The summed E-state index contributed by atoms with van der Waals surface area (Å²) in [6.07, 6.45) is -2.52. The number of nitrogens with zero attached hydrogens (tertiary/aromatic N) is 3. The Morgan fingerprint density at radius 1 is 1.16 bits per heavy atom. The molecular weight excluding hydrogens is 447 g/mol. The topological polar surface area (TPSA) is 79.8 Å². The summed E-state index contributed by atoms with van der Waals surface area (Å²) in [6, 6.07) is 3.00. The Labute approximate surface area is 185 Å². The maximum absolute atomic E-state index is 13.5. The van der Waals surface area contributed by atoms with Crippen molar-refractivity contribution in [2.24, 2.45) is 0 Å². The van der Waals surface area contributed by atoms with Crippen molar-refractivity contribution in [3.8, 4) is 10.6 Å². The lowest BCUT2D eigenvalue weighted by atomic mass is 9.96. The first-order valence-electron chi connectivity index (χ1n) is 9.69. The zero-order chi connectivity index (χ0) is 22.2. The van der Waals surface area contributed by atoms with Gasteiger partial charge in [-0.25, -0.2) is 15.0 Å². The number of pyridine rings is 1. The number of halogens is 3. The van der Waals surface area contributed by atoms with E-state index in [1.807, 2.05) is 19.2 Å². The van der Waals surface area contributed by atoms with Gasteiger partial charge in [0.15, 0.2) is 5.13 Å². The second kappa shape index (κ2) is 8.19. The van der Waals surface area contributed by atoms with Crippen LogP contribution in [0.25, 0.3) is 10.6 Å². The van der Waals surface area contributed by atoms with Gasteiger partial charge in [-0.1, -0.05) is 12.8 Å². The molecule has 164 valence electrons. The van der Waals surface area contributed by atoms with E-state index in [0.717, 1.165) is 21.3 Å². The lowest BCUT2D eigenvalue weighted by molar-refractivity contribution is -0.191. The molecule has 0 bridgehead atoms. The second-order valence-electron chi connectivity index (χ2n) is 7.48. The van der Waals surface area contributed by atoms with Crippen LogP contribution in [-0.2, 0) is 0 Å².